The maximum Gasteiger partial charge on any atom is 0.231 e. The lowest BCUT2D eigenvalue weighted by Crippen LogP contribution is -2.30. The molecule has 0 saturated heterocycles. The molecule has 7 nitrogen and oxygen atoms in total. The second-order valence-electron chi connectivity index (χ2n) is 4.29. The third-order valence-corrected chi connectivity index (χ3v) is 2.62. The van der Waals surface area contributed by atoms with Crippen LogP contribution >= 0.6 is 0 Å². The normalized spacial score (nSPS) is 13.2. The van der Waals surface area contributed by atoms with Gasteiger partial charge in [-0.2, -0.15) is 4.99 Å². The quantitative estimate of drug-likeness (QED) is 0.550. The van der Waals surface area contributed by atoms with Gasteiger partial charge in [-0.05, 0) is 24.1 Å². The highest BCUT2D eigenvalue weighted by atomic mass is 16.7. The molecule has 5 N–H and O–H groups in total. The number of ether oxygens (including phenoxy) is 2. The number of nitrogens with one attached hydrogen (secondary N) is 1. The van der Waals surface area contributed by atoms with E-state index in [0.29, 0.717) is 12.5 Å². The smallest absolute Gasteiger partial charge is 0.231 e. The van der Waals surface area contributed by atoms with Crippen LogP contribution in [0.5, 0.6) is 11.5 Å². The molecule has 1 aromatic rings. The van der Waals surface area contributed by atoms with Gasteiger partial charge in [0.2, 0.25) is 12.8 Å². The van der Waals surface area contributed by atoms with Gasteiger partial charge in [-0.15, -0.1) is 0 Å². The predicted octanol–water partition coefficient (Wildman–Crippen LogP) is 0.544. The summed E-state index contributed by atoms with van der Waals surface area (Å²) in [5, 5.41) is 3.07. The molecule has 1 aromatic carbocycles. The summed E-state index contributed by atoms with van der Waals surface area (Å²) in [6.07, 6.45) is 0.961. The van der Waals surface area contributed by atoms with Crippen molar-refractivity contribution in [1.29, 1.82) is 0 Å². The number of aliphatic imine (C=N–C) groups is 2. The lowest BCUT2D eigenvalue weighted by atomic mass is 10.2. The summed E-state index contributed by atoms with van der Waals surface area (Å²) in [7, 11) is 0. The van der Waals surface area contributed by atoms with Gasteiger partial charge in [0.15, 0.2) is 17.5 Å². The molecule has 1 aliphatic rings. The molecule has 0 aromatic heterocycles. The molecule has 2 rings (SSSR count). The number of hydrogen-bond donors (Lipinski definition) is 3. The second-order valence-corrected chi connectivity index (χ2v) is 4.29. The van der Waals surface area contributed by atoms with E-state index in [1.165, 1.54) is 0 Å². The first-order chi connectivity index (χ1) is 9.69. The van der Waals surface area contributed by atoms with Gasteiger partial charge in [-0.25, -0.2) is 4.99 Å². The summed E-state index contributed by atoms with van der Waals surface area (Å²) in [5.74, 6) is 1.91. The maximum absolute atomic E-state index is 5.38. The van der Waals surface area contributed by atoms with Crippen molar-refractivity contribution in [3.63, 3.8) is 0 Å². The van der Waals surface area contributed by atoms with Crippen molar-refractivity contribution in [3.05, 3.63) is 23.8 Å². The molecule has 0 aliphatic carbocycles. The van der Waals surface area contributed by atoms with E-state index in [1.807, 2.05) is 18.2 Å². The Kier molecular flexibility index (Phi) is 4.65. The van der Waals surface area contributed by atoms with Crippen LogP contribution in [0, 0.1) is 0 Å². The standard InChI is InChI=1S/C13H19N5O2/c1-2-5-16-13(18-12(14)15)17-7-9-3-4-10-11(6-9)20-8-19-10/h3-4,6H,2,5,7-8H2,1H3,(H5,14,15,16,17,18). The van der Waals surface area contributed by atoms with E-state index in [-0.39, 0.29) is 12.8 Å². The average Bonchev–Trinajstić information content (AvgIpc) is 2.88. The molecule has 108 valence electrons. The first-order valence-corrected chi connectivity index (χ1v) is 6.45. The van der Waals surface area contributed by atoms with Crippen molar-refractivity contribution in [2.45, 2.75) is 19.9 Å². The summed E-state index contributed by atoms with van der Waals surface area (Å²) in [4.78, 5) is 8.32. The summed E-state index contributed by atoms with van der Waals surface area (Å²) >= 11 is 0. The Bertz CT molecular complexity index is 523. The van der Waals surface area contributed by atoms with E-state index >= 15 is 0 Å². The van der Waals surface area contributed by atoms with Crippen LogP contribution in [0.25, 0.3) is 0 Å². The monoisotopic (exact) mass is 277 g/mol. The zero-order chi connectivity index (χ0) is 14.4. The molecule has 0 amide bonds. The van der Waals surface area contributed by atoms with E-state index in [9.17, 15) is 0 Å². The van der Waals surface area contributed by atoms with Crippen LogP contribution in [-0.4, -0.2) is 25.3 Å². The largest absolute Gasteiger partial charge is 0.454 e. The molecule has 0 fully saturated rings. The van der Waals surface area contributed by atoms with Crippen molar-refractivity contribution >= 4 is 11.9 Å². The number of rotatable bonds is 4. The number of nitrogens with two attached hydrogens (primary N) is 2. The molecule has 7 heteroatoms. The van der Waals surface area contributed by atoms with Crippen molar-refractivity contribution in [2.75, 3.05) is 13.3 Å². The highest BCUT2D eigenvalue weighted by Crippen LogP contribution is 2.32. The minimum Gasteiger partial charge on any atom is -0.454 e. The van der Waals surface area contributed by atoms with E-state index < -0.39 is 0 Å². The Labute approximate surface area is 117 Å². The third kappa shape index (κ3) is 3.78. The summed E-state index contributed by atoms with van der Waals surface area (Å²) in [6, 6.07) is 5.70. The number of hydrogen-bond acceptors (Lipinski definition) is 3. The summed E-state index contributed by atoms with van der Waals surface area (Å²) in [6.45, 7) is 3.54. The van der Waals surface area contributed by atoms with Crippen LogP contribution in [-0.2, 0) is 6.54 Å². The first-order valence-electron chi connectivity index (χ1n) is 6.45. The van der Waals surface area contributed by atoms with Gasteiger partial charge >= 0.3 is 0 Å². The number of guanidine groups is 2. The molecular formula is C13H19N5O2. The van der Waals surface area contributed by atoms with Gasteiger partial charge < -0.3 is 26.3 Å². The van der Waals surface area contributed by atoms with Crippen molar-refractivity contribution in [3.8, 4) is 11.5 Å². The van der Waals surface area contributed by atoms with E-state index in [0.717, 1.165) is 30.0 Å². The Morgan fingerprint density at radius 2 is 2.10 bits per heavy atom. The molecule has 0 atom stereocenters. The van der Waals surface area contributed by atoms with Crippen molar-refractivity contribution in [2.24, 2.45) is 21.5 Å². The van der Waals surface area contributed by atoms with Crippen LogP contribution in [0.1, 0.15) is 18.9 Å². The maximum atomic E-state index is 5.38. The Balaban J connectivity index is 2.06. The molecular weight excluding hydrogens is 258 g/mol. The van der Waals surface area contributed by atoms with Gasteiger partial charge in [0.1, 0.15) is 0 Å². The zero-order valence-corrected chi connectivity index (χ0v) is 11.4. The zero-order valence-electron chi connectivity index (χ0n) is 11.4. The lowest BCUT2D eigenvalue weighted by molar-refractivity contribution is 0.174. The minimum absolute atomic E-state index is 0.0157. The van der Waals surface area contributed by atoms with Gasteiger partial charge in [0, 0.05) is 6.54 Å². The predicted molar refractivity (Wildman–Crippen MR) is 77.8 cm³/mol. The topological polar surface area (TPSA) is 107 Å². The third-order valence-electron chi connectivity index (χ3n) is 2.62. The molecule has 0 radical (unpaired) electrons. The highest BCUT2D eigenvalue weighted by Gasteiger charge is 2.12. The second kappa shape index (κ2) is 6.65. The fourth-order valence-electron chi connectivity index (χ4n) is 1.70. The Hall–Kier alpha value is -2.44. The molecule has 20 heavy (non-hydrogen) atoms. The Morgan fingerprint density at radius 1 is 1.30 bits per heavy atom. The van der Waals surface area contributed by atoms with Crippen molar-refractivity contribution < 1.29 is 9.47 Å². The van der Waals surface area contributed by atoms with Gasteiger partial charge in [-0.3, -0.25) is 0 Å². The van der Waals surface area contributed by atoms with Crippen molar-refractivity contribution in [1.82, 2.24) is 5.32 Å². The van der Waals surface area contributed by atoms with Gasteiger partial charge in [-0.1, -0.05) is 13.0 Å². The molecule has 1 heterocycles. The molecule has 0 bridgehead atoms. The highest BCUT2D eigenvalue weighted by molar-refractivity contribution is 5.93. The number of benzene rings is 1. The number of fused-ring (bicyclic) bond motifs is 1. The van der Waals surface area contributed by atoms with E-state index in [1.54, 1.807) is 0 Å². The Morgan fingerprint density at radius 3 is 2.85 bits per heavy atom. The minimum atomic E-state index is -0.0157. The molecule has 0 saturated carbocycles. The summed E-state index contributed by atoms with van der Waals surface area (Å²) in [5.41, 5.74) is 11.8. The van der Waals surface area contributed by atoms with Gasteiger partial charge in [0.05, 0.1) is 6.54 Å². The van der Waals surface area contributed by atoms with E-state index in [2.05, 4.69) is 22.2 Å². The van der Waals surface area contributed by atoms with E-state index in [4.69, 9.17) is 20.9 Å². The number of nitrogens with zero attached hydrogens (tertiary/aromatic N) is 2. The lowest BCUT2D eigenvalue weighted by Gasteiger charge is -2.05. The first kappa shape index (κ1) is 14.0. The summed E-state index contributed by atoms with van der Waals surface area (Å²) < 4.78 is 10.6. The fourth-order valence-corrected chi connectivity index (χ4v) is 1.70. The molecule has 0 unspecified atom stereocenters. The SMILES string of the molecule is CCCNC(N=C(N)N)=NCc1ccc2c(c1)OCO2. The van der Waals surface area contributed by atoms with Crippen LogP contribution in [0.4, 0.5) is 0 Å². The van der Waals surface area contributed by atoms with Crippen LogP contribution in [0.15, 0.2) is 28.2 Å². The fraction of sp³-hybridized carbons (Fsp3) is 0.385. The van der Waals surface area contributed by atoms with Crippen LogP contribution in [0.3, 0.4) is 0 Å². The average molecular weight is 277 g/mol. The van der Waals surface area contributed by atoms with Crippen LogP contribution in [0.2, 0.25) is 0 Å². The van der Waals surface area contributed by atoms with Gasteiger partial charge in [0.25, 0.3) is 0 Å². The van der Waals surface area contributed by atoms with Crippen LogP contribution < -0.4 is 26.3 Å². The molecule has 0 spiro atoms. The molecule has 1 aliphatic heterocycles.